The molecule has 1 aliphatic heterocycles. The number of rotatable bonds is 6. The fraction of sp³-hybridized carbons (Fsp3) is 0.240. The van der Waals surface area contributed by atoms with Gasteiger partial charge in [-0.1, -0.05) is 13.0 Å². The van der Waals surface area contributed by atoms with E-state index in [4.69, 9.17) is 4.74 Å². The number of nitrogens with zero attached hydrogens (tertiary/aromatic N) is 3. The summed E-state index contributed by atoms with van der Waals surface area (Å²) in [5, 5.41) is 2.80. The van der Waals surface area contributed by atoms with E-state index < -0.39 is 5.91 Å². The highest BCUT2D eigenvalue weighted by atomic mass is 16.5. The molecule has 1 atom stereocenters. The fourth-order valence-corrected chi connectivity index (χ4v) is 3.67. The van der Waals surface area contributed by atoms with E-state index in [1.807, 2.05) is 33.8 Å². The third-order valence-electron chi connectivity index (χ3n) is 5.47. The predicted octanol–water partition coefficient (Wildman–Crippen LogP) is 4.53. The van der Waals surface area contributed by atoms with Gasteiger partial charge in [-0.3, -0.25) is 19.3 Å². The van der Waals surface area contributed by atoms with Gasteiger partial charge in [-0.25, -0.2) is 9.97 Å². The second-order valence-electron chi connectivity index (χ2n) is 8.02. The number of fused-ring (bicyclic) bond motifs is 1. The molecule has 8 heteroatoms. The third-order valence-corrected chi connectivity index (χ3v) is 5.47. The first kappa shape index (κ1) is 22.1. The second kappa shape index (κ2) is 8.82. The molecule has 0 saturated heterocycles. The molecule has 0 radical (unpaired) electrons. The van der Waals surface area contributed by atoms with E-state index in [2.05, 4.69) is 15.3 Å². The standard InChI is InChI=1S/C25H24N4O4/c1-5-16(4)29-23(31)20-10-9-17(12-21(20)24(29)32)22(30)28-18-7-6-8-19(13-18)33-25-26-14(2)11-15(3)27-25/h6-13,16H,5H2,1-4H3,(H,28,30). The molecule has 168 valence electrons. The quantitative estimate of drug-likeness (QED) is 0.561. The minimum atomic E-state index is -0.403. The summed E-state index contributed by atoms with van der Waals surface area (Å²) in [5.74, 6) is -0.630. The average Bonchev–Trinajstić information content (AvgIpc) is 3.02. The molecule has 3 amide bonds. The number of hydrogen-bond donors (Lipinski definition) is 1. The Hall–Kier alpha value is -4.07. The van der Waals surface area contributed by atoms with Crippen LogP contribution in [0.2, 0.25) is 0 Å². The van der Waals surface area contributed by atoms with Crippen LogP contribution in [0, 0.1) is 13.8 Å². The Bertz CT molecular complexity index is 1250. The number of anilines is 1. The van der Waals surface area contributed by atoms with E-state index in [1.165, 1.54) is 17.0 Å². The molecule has 33 heavy (non-hydrogen) atoms. The monoisotopic (exact) mass is 444 g/mol. The van der Waals surface area contributed by atoms with Crippen molar-refractivity contribution in [1.82, 2.24) is 14.9 Å². The van der Waals surface area contributed by atoms with Crippen molar-refractivity contribution >= 4 is 23.4 Å². The van der Waals surface area contributed by atoms with Gasteiger partial charge in [0.15, 0.2) is 0 Å². The van der Waals surface area contributed by atoms with E-state index in [1.54, 1.807) is 30.3 Å². The van der Waals surface area contributed by atoms with Crippen LogP contribution in [0.15, 0.2) is 48.5 Å². The number of nitrogens with one attached hydrogen (secondary N) is 1. The van der Waals surface area contributed by atoms with Gasteiger partial charge in [0.2, 0.25) is 0 Å². The number of amides is 3. The van der Waals surface area contributed by atoms with Crippen molar-refractivity contribution in [2.45, 2.75) is 40.2 Å². The first-order chi connectivity index (χ1) is 15.8. The number of aromatic nitrogens is 2. The van der Waals surface area contributed by atoms with Crippen LogP contribution in [0.1, 0.15) is 62.7 Å². The highest BCUT2D eigenvalue weighted by Gasteiger charge is 2.38. The number of carbonyl (C=O) groups excluding carboxylic acids is 3. The Balaban J connectivity index is 1.52. The summed E-state index contributed by atoms with van der Waals surface area (Å²) in [6.07, 6.45) is 0.657. The molecule has 0 bridgehead atoms. The Kier molecular flexibility index (Phi) is 5.91. The molecule has 2 heterocycles. The van der Waals surface area contributed by atoms with Gasteiger partial charge in [-0.15, -0.1) is 0 Å². The number of carbonyl (C=O) groups is 3. The van der Waals surface area contributed by atoms with E-state index >= 15 is 0 Å². The average molecular weight is 444 g/mol. The number of ether oxygens (including phenoxy) is 1. The van der Waals surface area contributed by atoms with E-state index in [0.717, 1.165) is 11.4 Å². The zero-order valence-electron chi connectivity index (χ0n) is 18.9. The predicted molar refractivity (Wildman–Crippen MR) is 123 cm³/mol. The molecular weight excluding hydrogens is 420 g/mol. The molecule has 0 aliphatic carbocycles. The van der Waals surface area contributed by atoms with E-state index in [0.29, 0.717) is 23.4 Å². The lowest BCUT2D eigenvalue weighted by molar-refractivity contribution is 0.0593. The van der Waals surface area contributed by atoms with Crippen molar-refractivity contribution in [2.24, 2.45) is 0 Å². The maximum absolute atomic E-state index is 12.8. The van der Waals surface area contributed by atoms with Crippen molar-refractivity contribution in [3.8, 4) is 11.8 Å². The fourth-order valence-electron chi connectivity index (χ4n) is 3.67. The minimum Gasteiger partial charge on any atom is -0.424 e. The normalized spacial score (nSPS) is 13.6. The highest BCUT2D eigenvalue weighted by Crippen LogP contribution is 2.27. The Morgan fingerprint density at radius 3 is 2.39 bits per heavy atom. The van der Waals surface area contributed by atoms with Crippen LogP contribution in [-0.2, 0) is 0 Å². The molecule has 2 aromatic carbocycles. The number of aryl methyl sites for hydroxylation is 2. The van der Waals surface area contributed by atoms with E-state index in [-0.39, 0.29) is 35.0 Å². The Morgan fingerprint density at radius 1 is 1.00 bits per heavy atom. The SMILES string of the molecule is CCC(C)N1C(=O)c2ccc(C(=O)Nc3cccc(Oc4nc(C)cc(C)n4)c3)cc2C1=O. The lowest BCUT2D eigenvalue weighted by atomic mass is 10.1. The van der Waals surface area contributed by atoms with Gasteiger partial charge in [0, 0.05) is 34.7 Å². The van der Waals surface area contributed by atoms with Crippen molar-refractivity contribution in [3.05, 3.63) is 76.6 Å². The number of imide groups is 1. The zero-order valence-corrected chi connectivity index (χ0v) is 18.9. The molecule has 8 nitrogen and oxygen atoms in total. The second-order valence-corrected chi connectivity index (χ2v) is 8.02. The lowest BCUT2D eigenvalue weighted by Crippen LogP contribution is -2.37. The van der Waals surface area contributed by atoms with Gasteiger partial charge >= 0.3 is 6.01 Å². The van der Waals surface area contributed by atoms with Gasteiger partial charge in [0.1, 0.15) is 5.75 Å². The van der Waals surface area contributed by atoms with E-state index in [9.17, 15) is 14.4 Å². The molecule has 1 aliphatic rings. The molecule has 3 aromatic rings. The molecular formula is C25H24N4O4. The largest absolute Gasteiger partial charge is 0.424 e. The van der Waals surface area contributed by atoms with Gasteiger partial charge in [-0.2, -0.15) is 0 Å². The summed E-state index contributed by atoms with van der Waals surface area (Å²) in [6.45, 7) is 7.45. The molecule has 0 saturated carbocycles. The Labute approximate surface area is 191 Å². The van der Waals surface area contributed by atoms with Gasteiger partial charge in [0.05, 0.1) is 11.1 Å². The Morgan fingerprint density at radius 2 is 1.70 bits per heavy atom. The van der Waals surface area contributed by atoms with Crippen molar-refractivity contribution in [2.75, 3.05) is 5.32 Å². The minimum absolute atomic E-state index is 0.210. The van der Waals surface area contributed by atoms with Gasteiger partial charge in [0.25, 0.3) is 17.7 Å². The summed E-state index contributed by atoms with van der Waals surface area (Å²) < 4.78 is 5.74. The van der Waals surface area contributed by atoms with Crippen molar-refractivity contribution in [3.63, 3.8) is 0 Å². The first-order valence-electron chi connectivity index (χ1n) is 10.7. The van der Waals surface area contributed by atoms with Gasteiger partial charge < -0.3 is 10.1 Å². The maximum Gasteiger partial charge on any atom is 0.322 e. The maximum atomic E-state index is 12.8. The van der Waals surface area contributed by atoms with Crippen LogP contribution in [-0.4, -0.2) is 38.6 Å². The third kappa shape index (κ3) is 4.45. The molecule has 1 aromatic heterocycles. The van der Waals surface area contributed by atoms with Crippen molar-refractivity contribution < 1.29 is 19.1 Å². The highest BCUT2D eigenvalue weighted by molar-refractivity contribution is 6.22. The molecule has 0 spiro atoms. The molecule has 4 rings (SSSR count). The topological polar surface area (TPSA) is 101 Å². The molecule has 1 unspecified atom stereocenters. The molecule has 1 N–H and O–H groups in total. The summed E-state index contributed by atoms with van der Waals surface area (Å²) in [5.41, 5.74) is 2.94. The van der Waals surface area contributed by atoms with Crippen LogP contribution in [0.3, 0.4) is 0 Å². The van der Waals surface area contributed by atoms with Crippen molar-refractivity contribution in [1.29, 1.82) is 0 Å². The number of benzene rings is 2. The van der Waals surface area contributed by atoms with Gasteiger partial charge in [-0.05, 0) is 63.6 Å². The zero-order chi connectivity index (χ0) is 23.7. The molecule has 0 fully saturated rings. The number of hydrogen-bond acceptors (Lipinski definition) is 6. The van der Waals surface area contributed by atoms with Crippen LogP contribution in [0.25, 0.3) is 0 Å². The van der Waals surface area contributed by atoms with Crippen LogP contribution in [0.5, 0.6) is 11.8 Å². The lowest BCUT2D eigenvalue weighted by Gasteiger charge is -2.20. The summed E-state index contributed by atoms with van der Waals surface area (Å²) in [7, 11) is 0. The smallest absolute Gasteiger partial charge is 0.322 e. The summed E-state index contributed by atoms with van der Waals surface area (Å²) >= 11 is 0. The summed E-state index contributed by atoms with van der Waals surface area (Å²) in [4.78, 5) is 47.9. The van der Waals surface area contributed by atoms with Crippen LogP contribution < -0.4 is 10.1 Å². The first-order valence-corrected chi connectivity index (χ1v) is 10.7. The summed E-state index contributed by atoms with van der Waals surface area (Å²) in [6, 6.07) is 13.3. The van der Waals surface area contributed by atoms with Crippen LogP contribution >= 0.6 is 0 Å². The van der Waals surface area contributed by atoms with Crippen LogP contribution in [0.4, 0.5) is 5.69 Å².